The summed E-state index contributed by atoms with van der Waals surface area (Å²) in [6.45, 7) is 2.38. The lowest BCUT2D eigenvalue weighted by Gasteiger charge is -2.14. The summed E-state index contributed by atoms with van der Waals surface area (Å²) >= 11 is 2.03. The van der Waals surface area contributed by atoms with Gasteiger partial charge in [-0.25, -0.2) is 12.4 Å². The Morgan fingerprint density at radius 3 is 2.60 bits per heavy atom. The van der Waals surface area contributed by atoms with E-state index in [0.717, 1.165) is 22.2 Å². The van der Waals surface area contributed by atoms with E-state index < -0.39 is 6.09 Å². The first-order valence-corrected chi connectivity index (χ1v) is 8.93. The lowest BCUT2D eigenvalue weighted by molar-refractivity contribution is 0.134. The van der Waals surface area contributed by atoms with Gasteiger partial charge in [0, 0.05) is 0 Å². The number of cyclic esters (lactones) is 1. The van der Waals surface area contributed by atoms with Crippen LogP contribution < -0.4 is 11.0 Å². The van der Waals surface area contributed by atoms with Crippen LogP contribution in [0.1, 0.15) is 24.2 Å². The zero-order chi connectivity index (χ0) is 17.6. The number of rotatable bonds is 3. The molecule has 3 aromatic rings. The average Bonchev–Trinajstić information content (AvgIpc) is 3.07. The van der Waals surface area contributed by atoms with Gasteiger partial charge in [-0.05, 0) is 30.2 Å². The fourth-order valence-corrected chi connectivity index (χ4v) is 3.91. The van der Waals surface area contributed by atoms with Crippen LogP contribution in [-0.2, 0) is 11.3 Å². The average molecular weight is 449 g/mol. The minimum absolute atomic E-state index is 0.0606. The number of carbonyl (C=O) groups excluding carboxylic acids is 1. The van der Waals surface area contributed by atoms with Gasteiger partial charge in [0.05, 0.1) is 46.5 Å². The van der Waals surface area contributed by atoms with Crippen LogP contribution in [0.3, 0.4) is 0 Å². The molecule has 0 aliphatic carbocycles. The van der Waals surface area contributed by atoms with Crippen molar-refractivity contribution in [3.63, 3.8) is 0 Å². The number of fused-ring (bicyclic) bond motifs is 1. The molecule has 2 heterocycles. The number of amides is 1. The lowest BCUT2D eigenvalue weighted by atomic mass is 10.0. The van der Waals surface area contributed by atoms with Crippen molar-refractivity contribution in [2.45, 2.75) is 25.6 Å². The van der Waals surface area contributed by atoms with Crippen molar-refractivity contribution >= 4 is 40.0 Å². The van der Waals surface area contributed by atoms with Gasteiger partial charge in [-0.2, -0.15) is 0 Å². The van der Waals surface area contributed by atoms with E-state index >= 15 is 0 Å². The van der Waals surface area contributed by atoms with Crippen LogP contribution in [-0.4, -0.2) is 19.5 Å². The molecule has 1 aliphatic rings. The Labute approximate surface area is 157 Å². The normalized spacial score (nSPS) is 19.8. The minimum atomic E-state index is -0.396. The first-order chi connectivity index (χ1) is 12.0. The van der Waals surface area contributed by atoms with Crippen LogP contribution in [0.25, 0.3) is 11.0 Å². The molecule has 0 saturated carbocycles. The molecule has 0 spiro atoms. The molecule has 2 aromatic carbocycles. The van der Waals surface area contributed by atoms with Crippen LogP contribution in [0, 0.1) is 0 Å². The van der Waals surface area contributed by atoms with E-state index in [1.807, 2.05) is 78.3 Å². The van der Waals surface area contributed by atoms with E-state index in [0.29, 0.717) is 6.54 Å². The number of nitrogens with one attached hydrogen (secondary N) is 1. The van der Waals surface area contributed by atoms with E-state index in [4.69, 9.17) is 4.74 Å². The quantitative estimate of drug-likeness (QED) is 0.625. The molecule has 1 aliphatic heterocycles. The topological polar surface area (TPSA) is 65.3 Å². The lowest BCUT2D eigenvalue weighted by Crippen LogP contribution is -2.24. The predicted molar refractivity (Wildman–Crippen MR) is 103 cm³/mol. The zero-order valence-electron chi connectivity index (χ0n) is 13.5. The maximum atomic E-state index is 12.6. The third-order valence-corrected chi connectivity index (χ3v) is 5.37. The summed E-state index contributed by atoms with van der Waals surface area (Å²) in [5.74, 6) is 0. The van der Waals surface area contributed by atoms with Crippen molar-refractivity contribution in [1.29, 1.82) is 0 Å². The Kier molecular flexibility index (Phi) is 4.03. The summed E-state index contributed by atoms with van der Waals surface area (Å²) in [4.78, 5) is 24.0. The number of alkyl carbamates (subject to hydrolysis) is 1. The molecule has 1 saturated heterocycles. The molecule has 1 aromatic heterocycles. The summed E-state index contributed by atoms with van der Waals surface area (Å²) < 4.78 is 8.72. The van der Waals surface area contributed by atoms with Gasteiger partial charge in [-0.15, -0.1) is 0 Å². The van der Waals surface area contributed by atoms with E-state index in [1.165, 1.54) is 0 Å². The minimum Gasteiger partial charge on any atom is -0.439 e. The Morgan fingerprint density at radius 2 is 1.88 bits per heavy atom. The Hall–Kier alpha value is -2.29. The molecule has 7 heteroatoms. The van der Waals surface area contributed by atoms with Crippen molar-refractivity contribution in [1.82, 2.24) is 12.7 Å². The van der Waals surface area contributed by atoms with Crippen molar-refractivity contribution in [3.05, 3.63) is 70.1 Å². The Morgan fingerprint density at radius 1 is 1.12 bits per heavy atom. The largest absolute Gasteiger partial charge is 0.439 e. The van der Waals surface area contributed by atoms with Crippen molar-refractivity contribution < 1.29 is 9.53 Å². The molecular formula is C18H16IN3O3. The molecular weight excluding hydrogens is 433 g/mol. The van der Waals surface area contributed by atoms with Gasteiger partial charge in [0.2, 0.25) is 0 Å². The van der Waals surface area contributed by atoms with Gasteiger partial charge < -0.3 is 10.1 Å². The number of halogens is 1. The highest BCUT2D eigenvalue weighted by Gasteiger charge is 2.31. The number of hydrogen-bond acceptors (Lipinski definition) is 3. The molecule has 0 radical (unpaired) electrons. The van der Waals surface area contributed by atoms with Crippen LogP contribution in [0.5, 0.6) is 0 Å². The maximum absolute atomic E-state index is 12.6. The van der Waals surface area contributed by atoms with Gasteiger partial charge in [-0.1, -0.05) is 36.4 Å². The van der Waals surface area contributed by atoms with E-state index in [9.17, 15) is 9.59 Å². The number of para-hydroxylation sites is 2. The highest BCUT2D eigenvalue weighted by molar-refractivity contribution is 14.1. The molecule has 4 rings (SSSR count). The molecule has 1 amide bonds. The standard InChI is InChI=1S/C18H16IN3O3/c1-11-16(25-17(23)20-11)13-6-4-5-12(9-13)10-21-14-7-2-3-8-15(14)22(19)18(21)24/h2-9,11,16H,10H2,1H3,(H,20,23)/t11-,16+/m0/s1. The number of nitrogens with zero attached hydrogens (tertiary/aromatic N) is 2. The molecule has 2 atom stereocenters. The van der Waals surface area contributed by atoms with Gasteiger partial charge >= 0.3 is 11.8 Å². The van der Waals surface area contributed by atoms with Crippen LogP contribution in [0.4, 0.5) is 4.79 Å². The number of imidazole rings is 1. The second kappa shape index (κ2) is 6.21. The molecule has 1 N–H and O–H groups in total. The first-order valence-electron chi connectivity index (χ1n) is 7.97. The Bertz CT molecular complexity index is 1020. The zero-order valence-corrected chi connectivity index (χ0v) is 15.6. The third-order valence-electron chi connectivity index (χ3n) is 4.44. The Balaban J connectivity index is 1.71. The van der Waals surface area contributed by atoms with Gasteiger partial charge in [0.1, 0.15) is 6.10 Å². The number of hydrogen-bond donors (Lipinski definition) is 1. The van der Waals surface area contributed by atoms with Crippen molar-refractivity contribution in [2.75, 3.05) is 0 Å². The number of ether oxygens (including phenoxy) is 1. The maximum Gasteiger partial charge on any atom is 0.408 e. The molecule has 25 heavy (non-hydrogen) atoms. The second-order valence-corrected chi connectivity index (χ2v) is 7.11. The van der Waals surface area contributed by atoms with Crippen LogP contribution in [0.2, 0.25) is 0 Å². The fraction of sp³-hybridized carbons (Fsp3) is 0.222. The van der Waals surface area contributed by atoms with E-state index in [2.05, 4.69) is 5.32 Å². The van der Waals surface area contributed by atoms with Gasteiger partial charge in [0.15, 0.2) is 0 Å². The van der Waals surface area contributed by atoms with E-state index in [1.54, 1.807) is 7.35 Å². The number of benzene rings is 2. The molecule has 6 nitrogen and oxygen atoms in total. The van der Waals surface area contributed by atoms with Crippen molar-refractivity contribution in [2.24, 2.45) is 0 Å². The monoisotopic (exact) mass is 449 g/mol. The smallest absolute Gasteiger partial charge is 0.408 e. The molecule has 128 valence electrons. The fourth-order valence-electron chi connectivity index (χ4n) is 3.24. The highest BCUT2D eigenvalue weighted by Crippen LogP contribution is 2.27. The summed E-state index contributed by atoms with van der Waals surface area (Å²) in [5.41, 5.74) is 3.65. The first kappa shape index (κ1) is 16.2. The van der Waals surface area contributed by atoms with E-state index in [-0.39, 0.29) is 17.8 Å². The molecule has 1 fully saturated rings. The van der Waals surface area contributed by atoms with Gasteiger partial charge in [0.25, 0.3) is 0 Å². The molecule has 0 bridgehead atoms. The SMILES string of the molecule is C[C@@H]1NC(=O)O[C@H]1c1cccc(Cn2c(=O)n(I)c3ccccc32)c1. The highest BCUT2D eigenvalue weighted by atomic mass is 127. The summed E-state index contributed by atoms with van der Waals surface area (Å²) in [5, 5.41) is 2.75. The molecule has 0 unspecified atom stereocenters. The van der Waals surface area contributed by atoms with Crippen molar-refractivity contribution in [3.8, 4) is 0 Å². The predicted octanol–water partition coefficient (Wildman–Crippen LogP) is 3.22. The number of carbonyl (C=O) groups is 1. The summed E-state index contributed by atoms with van der Waals surface area (Å²) in [6, 6.07) is 15.5. The number of aromatic nitrogens is 2. The van der Waals surface area contributed by atoms with Crippen LogP contribution in [0.15, 0.2) is 53.3 Å². The van der Waals surface area contributed by atoms with Gasteiger partial charge in [-0.3, -0.25) is 4.57 Å². The summed E-state index contributed by atoms with van der Waals surface area (Å²) in [7, 11) is 0. The third kappa shape index (κ3) is 2.82. The summed E-state index contributed by atoms with van der Waals surface area (Å²) in [6.07, 6.45) is -0.706. The second-order valence-electron chi connectivity index (χ2n) is 6.14. The van der Waals surface area contributed by atoms with Crippen LogP contribution >= 0.6 is 22.9 Å².